The van der Waals surface area contributed by atoms with Crippen LogP contribution in [0.2, 0.25) is 18.1 Å². The van der Waals surface area contributed by atoms with Crippen LogP contribution in [0.5, 0.6) is 0 Å². The van der Waals surface area contributed by atoms with Crippen molar-refractivity contribution in [2.45, 2.75) is 83.1 Å². The Morgan fingerprint density at radius 3 is 2.25 bits per heavy atom. The minimum Gasteiger partial charge on any atom is -0.414 e. The summed E-state index contributed by atoms with van der Waals surface area (Å²) in [6, 6.07) is 0. The van der Waals surface area contributed by atoms with E-state index in [1.807, 2.05) is 13.8 Å². The van der Waals surface area contributed by atoms with E-state index in [1.54, 1.807) is 0 Å². The minimum absolute atomic E-state index is 0.134. The van der Waals surface area contributed by atoms with Crippen molar-refractivity contribution in [2.24, 2.45) is 5.73 Å². The SMILES string of the molecule is CC1(C)OC2C(N)OC(CO[Si](C)(C)C(C)(C)C)C2O1. The lowest BCUT2D eigenvalue weighted by Gasteiger charge is -2.37. The summed E-state index contributed by atoms with van der Waals surface area (Å²) in [5.41, 5.74) is 5.99. The summed E-state index contributed by atoms with van der Waals surface area (Å²) in [5.74, 6) is -0.591. The van der Waals surface area contributed by atoms with Gasteiger partial charge in [0.15, 0.2) is 14.1 Å². The Hall–Kier alpha value is 0.0169. The summed E-state index contributed by atoms with van der Waals surface area (Å²) in [6.45, 7) is 15.5. The van der Waals surface area contributed by atoms with Gasteiger partial charge in [0.25, 0.3) is 0 Å². The number of fused-ring (bicyclic) bond motifs is 1. The van der Waals surface area contributed by atoms with Gasteiger partial charge in [-0.1, -0.05) is 20.8 Å². The highest BCUT2D eigenvalue weighted by molar-refractivity contribution is 6.74. The highest BCUT2D eigenvalue weighted by Crippen LogP contribution is 2.40. The third-order valence-electron chi connectivity index (χ3n) is 4.60. The molecule has 2 rings (SSSR count). The molecule has 2 aliphatic heterocycles. The molecule has 6 heteroatoms. The Morgan fingerprint density at radius 1 is 1.15 bits per heavy atom. The third-order valence-corrected chi connectivity index (χ3v) is 9.10. The van der Waals surface area contributed by atoms with Crippen LogP contribution in [0.25, 0.3) is 0 Å². The number of nitrogens with two attached hydrogens (primary N) is 1. The maximum Gasteiger partial charge on any atom is 0.192 e. The minimum atomic E-state index is -1.79. The van der Waals surface area contributed by atoms with E-state index in [0.717, 1.165) is 0 Å². The molecule has 0 aromatic rings. The van der Waals surface area contributed by atoms with Crippen LogP contribution in [0, 0.1) is 0 Å². The van der Waals surface area contributed by atoms with Crippen LogP contribution in [0.1, 0.15) is 34.6 Å². The Bertz CT molecular complexity index is 367. The van der Waals surface area contributed by atoms with Crippen LogP contribution in [-0.4, -0.2) is 45.3 Å². The second kappa shape index (κ2) is 5.03. The van der Waals surface area contributed by atoms with Crippen LogP contribution in [0.15, 0.2) is 0 Å². The van der Waals surface area contributed by atoms with Gasteiger partial charge in [-0.15, -0.1) is 0 Å². The van der Waals surface area contributed by atoms with E-state index in [2.05, 4.69) is 33.9 Å². The Morgan fingerprint density at radius 2 is 1.70 bits per heavy atom. The molecule has 2 heterocycles. The number of ether oxygens (including phenoxy) is 3. The molecule has 0 saturated carbocycles. The van der Waals surface area contributed by atoms with Gasteiger partial charge in [0.2, 0.25) is 0 Å². The predicted octanol–water partition coefficient (Wildman–Crippen LogP) is 2.21. The molecule has 4 unspecified atom stereocenters. The van der Waals surface area contributed by atoms with Gasteiger partial charge in [-0.2, -0.15) is 0 Å². The van der Waals surface area contributed by atoms with Gasteiger partial charge in [-0.3, -0.25) is 0 Å². The molecule has 0 bridgehead atoms. The van der Waals surface area contributed by atoms with Crippen LogP contribution in [0.4, 0.5) is 0 Å². The summed E-state index contributed by atoms with van der Waals surface area (Å²) in [5, 5.41) is 0.180. The average molecular weight is 303 g/mol. The fourth-order valence-electron chi connectivity index (χ4n) is 2.36. The largest absolute Gasteiger partial charge is 0.414 e. The van der Waals surface area contributed by atoms with Gasteiger partial charge in [0.1, 0.15) is 24.5 Å². The van der Waals surface area contributed by atoms with Crippen molar-refractivity contribution in [3.63, 3.8) is 0 Å². The van der Waals surface area contributed by atoms with Gasteiger partial charge >= 0.3 is 0 Å². The van der Waals surface area contributed by atoms with Gasteiger partial charge in [0, 0.05) is 0 Å². The molecule has 0 amide bonds. The molecular formula is C14H29NO4Si. The lowest BCUT2D eigenvalue weighted by atomic mass is 10.1. The molecule has 118 valence electrons. The molecule has 20 heavy (non-hydrogen) atoms. The molecule has 2 fully saturated rings. The Labute approximate surface area is 123 Å². The number of hydrogen-bond acceptors (Lipinski definition) is 5. The first-order valence-electron chi connectivity index (χ1n) is 7.34. The Kier molecular flexibility index (Phi) is 4.13. The first-order chi connectivity index (χ1) is 8.93. The second-order valence-electron chi connectivity index (χ2n) is 7.78. The topological polar surface area (TPSA) is 62.9 Å². The summed E-state index contributed by atoms with van der Waals surface area (Å²) in [4.78, 5) is 0. The van der Waals surface area contributed by atoms with Gasteiger partial charge in [-0.05, 0) is 32.0 Å². The lowest BCUT2D eigenvalue weighted by Crippen LogP contribution is -2.44. The van der Waals surface area contributed by atoms with Crippen molar-refractivity contribution in [2.75, 3.05) is 6.61 Å². The second-order valence-corrected chi connectivity index (χ2v) is 12.6. The molecule has 0 radical (unpaired) electrons. The first kappa shape index (κ1) is 16.4. The fraction of sp³-hybridized carbons (Fsp3) is 1.00. The fourth-order valence-corrected chi connectivity index (χ4v) is 3.37. The summed E-state index contributed by atoms with van der Waals surface area (Å²) in [6.07, 6.45) is -0.913. The molecule has 0 aromatic heterocycles. The van der Waals surface area contributed by atoms with E-state index in [9.17, 15) is 0 Å². The highest BCUT2D eigenvalue weighted by Gasteiger charge is 2.54. The zero-order valence-corrected chi connectivity index (χ0v) is 14.7. The van der Waals surface area contributed by atoms with E-state index in [1.165, 1.54) is 0 Å². The third kappa shape index (κ3) is 3.10. The summed E-state index contributed by atoms with van der Waals surface area (Å²) < 4.78 is 23.7. The molecule has 0 spiro atoms. The van der Waals surface area contributed by atoms with Crippen LogP contribution >= 0.6 is 0 Å². The standard InChI is InChI=1S/C14H29NO4Si/c1-13(2,3)20(6,7)16-8-9-10-11(12(15)17-9)19-14(4,5)18-10/h9-12H,8,15H2,1-7H3. The maximum atomic E-state index is 6.23. The lowest BCUT2D eigenvalue weighted by molar-refractivity contribution is -0.189. The Balaban J connectivity index is 1.98. The molecule has 5 nitrogen and oxygen atoms in total. The van der Waals surface area contributed by atoms with Crippen molar-refractivity contribution in [1.29, 1.82) is 0 Å². The summed E-state index contributed by atoms with van der Waals surface area (Å²) >= 11 is 0. The monoisotopic (exact) mass is 303 g/mol. The molecular weight excluding hydrogens is 274 g/mol. The quantitative estimate of drug-likeness (QED) is 0.810. The van der Waals surface area contributed by atoms with Gasteiger partial charge in [-0.25, -0.2) is 0 Å². The van der Waals surface area contributed by atoms with Crippen molar-refractivity contribution in [1.82, 2.24) is 0 Å². The summed E-state index contributed by atoms with van der Waals surface area (Å²) in [7, 11) is -1.79. The predicted molar refractivity (Wildman–Crippen MR) is 79.8 cm³/mol. The smallest absolute Gasteiger partial charge is 0.192 e. The molecule has 2 saturated heterocycles. The zero-order valence-electron chi connectivity index (χ0n) is 13.7. The van der Waals surface area contributed by atoms with Crippen molar-refractivity contribution in [3.8, 4) is 0 Å². The first-order valence-corrected chi connectivity index (χ1v) is 10.2. The molecule has 0 aliphatic carbocycles. The zero-order chi connectivity index (χ0) is 15.3. The van der Waals surface area contributed by atoms with Gasteiger partial charge in [0.05, 0.1) is 6.61 Å². The van der Waals surface area contributed by atoms with Crippen molar-refractivity contribution in [3.05, 3.63) is 0 Å². The van der Waals surface area contributed by atoms with Gasteiger partial charge < -0.3 is 24.4 Å². The molecule has 0 aromatic carbocycles. The van der Waals surface area contributed by atoms with Crippen molar-refractivity contribution >= 4 is 8.32 Å². The van der Waals surface area contributed by atoms with E-state index < -0.39 is 20.3 Å². The number of rotatable bonds is 3. The van der Waals surface area contributed by atoms with E-state index in [-0.39, 0.29) is 23.4 Å². The maximum absolute atomic E-state index is 6.23. The van der Waals surface area contributed by atoms with Crippen molar-refractivity contribution < 1.29 is 18.6 Å². The van der Waals surface area contributed by atoms with E-state index in [4.69, 9.17) is 24.4 Å². The van der Waals surface area contributed by atoms with Crippen LogP contribution < -0.4 is 5.73 Å². The highest BCUT2D eigenvalue weighted by atomic mass is 28.4. The van der Waals surface area contributed by atoms with Crippen LogP contribution in [0.3, 0.4) is 0 Å². The van der Waals surface area contributed by atoms with E-state index in [0.29, 0.717) is 6.61 Å². The van der Waals surface area contributed by atoms with E-state index >= 15 is 0 Å². The molecule has 2 N–H and O–H groups in total. The normalized spacial score (nSPS) is 37.2. The molecule has 2 aliphatic rings. The average Bonchev–Trinajstić information content (AvgIpc) is 2.70. The molecule has 4 atom stereocenters. The van der Waals surface area contributed by atoms with Crippen LogP contribution in [-0.2, 0) is 18.6 Å². The number of hydrogen-bond donors (Lipinski definition) is 1.